The Balaban J connectivity index is 1.65. The molecule has 0 radical (unpaired) electrons. The van der Waals surface area contributed by atoms with Crippen LogP contribution < -0.4 is 5.32 Å². The van der Waals surface area contributed by atoms with Crippen LogP contribution in [-0.2, 0) is 4.79 Å². The van der Waals surface area contributed by atoms with E-state index < -0.39 is 0 Å². The Morgan fingerprint density at radius 3 is 2.67 bits per heavy atom. The van der Waals surface area contributed by atoms with E-state index in [1.807, 2.05) is 11.8 Å². The Morgan fingerprint density at radius 1 is 1.19 bits per heavy atom. The Morgan fingerprint density at radius 2 is 1.95 bits per heavy atom. The molecule has 3 heterocycles. The summed E-state index contributed by atoms with van der Waals surface area (Å²) in [7, 11) is 0. The lowest BCUT2D eigenvalue weighted by Gasteiger charge is -2.41. The van der Waals surface area contributed by atoms with Crippen LogP contribution in [-0.4, -0.2) is 71.0 Å². The molecule has 3 saturated heterocycles. The number of likely N-dealkylation sites (tertiary alicyclic amines) is 1. The summed E-state index contributed by atoms with van der Waals surface area (Å²) in [5, 5.41) is 3.43. The normalized spacial score (nSPS) is 31.5. The number of hydrogen-bond acceptors (Lipinski definition) is 4. The predicted octanol–water partition coefficient (Wildman–Crippen LogP) is 1.56. The molecular weight excluding hydrogens is 282 g/mol. The molecule has 0 saturated carbocycles. The van der Waals surface area contributed by atoms with Crippen molar-refractivity contribution >= 4 is 17.7 Å². The van der Waals surface area contributed by atoms with Gasteiger partial charge in [0.05, 0.1) is 6.04 Å². The SMILES string of the molecule is CC1(C)CN(C(=O)C2CCCN2C2CCNCC2)CCS1. The van der Waals surface area contributed by atoms with Crippen molar-refractivity contribution in [1.29, 1.82) is 0 Å². The zero-order chi connectivity index (χ0) is 14.9. The maximum Gasteiger partial charge on any atom is 0.240 e. The maximum atomic E-state index is 13.0. The lowest BCUT2D eigenvalue weighted by Crippen LogP contribution is -2.55. The van der Waals surface area contributed by atoms with Crippen LogP contribution in [0, 0.1) is 0 Å². The van der Waals surface area contributed by atoms with Crippen molar-refractivity contribution in [2.75, 3.05) is 38.5 Å². The minimum Gasteiger partial charge on any atom is -0.339 e. The second-order valence-electron chi connectivity index (χ2n) is 7.24. The summed E-state index contributed by atoms with van der Waals surface area (Å²) in [6.07, 6.45) is 4.65. The molecule has 3 aliphatic heterocycles. The number of nitrogens with zero attached hydrogens (tertiary/aromatic N) is 2. The minimum atomic E-state index is 0.159. The molecule has 3 fully saturated rings. The molecule has 0 aromatic heterocycles. The summed E-state index contributed by atoms with van der Waals surface area (Å²) in [5.41, 5.74) is 0. The molecule has 3 aliphatic rings. The first-order valence-corrected chi connectivity index (χ1v) is 9.45. The average molecular weight is 311 g/mol. The molecule has 1 amide bonds. The van der Waals surface area contributed by atoms with Gasteiger partial charge < -0.3 is 10.2 Å². The van der Waals surface area contributed by atoms with Crippen LogP contribution >= 0.6 is 11.8 Å². The van der Waals surface area contributed by atoms with E-state index in [2.05, 4.69) is 29.0 Å². The van der Waals surface area contributed by atoms with Crippen LogP contribution in [0.5, 0.6) is 0 Å². The van der Waals surface area contributed by atoms with E-state index in [1.54, 1.807) is 0 Å². The Bertz CT molecular complexity index is 382. The zero-order valence-electron chi connectivity index (χ0n) is 13.4. The first-order valence-electron chi connectivity index (χ1n) is 8.46. The van der Waals surface area contributed by atoms with Gasteiger partial charge in [0.15, 0.2) is 0 Å². The number of piperidine rings is 1. The number of rotatable bonds is 2. The summed E-state index contributed by atoms with van der Waals surface area (Å²) >= 11 is 2.00. The third kappa shape index (κ3) is 3.57. The topological polar surface area (TPSA) is 35.6 Å². The molecule has 5 heteroatoms. The number of carbonyl (C=O) groups excluding carboxylic acids is 1. The summed E-state index contributed by atoms with van der Waals surface area (Å²) in [6, 6.07) is 0.780. The van der Waals surface area contributed by atoms with E-state index in [4.69, 9.17) is 0 Å². The molecule has 3 rings (SSSR count). The molecule has 0 aromatic rings. The lowest BCUT2D eigenvalue weighted by atomic mass is 10.0. The van der Waals surface area contributed by atoms with Gasteiger partial charge in [-0.15, -0.1) is 0 Å². The number of thioether (sulfide) groups is 1. The summed E-state index contributed by atoms with van der Waals surface area (Å²) in [4.78, 5) is 17.7. The fraction of sp³-hybridized carbons (Fsp3) is 0.938. The van der Waals surface area contributed by atoms with Crippen molar-refractivity contribution in [2.24, 2.45) is 0 Å². The second kappa shape index (κ2) is 6.47. The van der Waals surface area contributed by atoms with Crippen LogP contribution in [0.3, 0.4) is 0 Å². The molecule has 1 atom stereocenters. The largest absolute Gasteiger partial charge is 0.339 e. The van der Waals surface area contributed by atoms with Gasteiger partial charge in [0.1, 0.15) is 0 Å². The van der Waals surface area contributed by atoms with Crippen LogP contribution in [0.25, 0.3) is 0 Å². The monoisotopic (exact) mass is 311 g/mol. The minimum absolute atomic E-state index is 0.159. The molecule has 0 aromatic carbocycles. The Labute approximate surface area is 133 Å². The van der Waals surface area contributed by atoms with Gasteiger partial charge in [0.2, 0.25) is 5.91 Å². The van der Waals surface area contributed by atoms with Crippen molar-refractivity contribution in [2.45, 2.75) is 56.4 Å². The fourth-order valence-electron chi connectivity index (χ4n) is 4.04. The summed E-state index contributed by atoms with van der Waals surface area (Å²) in [6.45, 7) is 9.70. The van der Waals surface area contributed by atoms with Crippen LogP contribution in [0.4, 0.5) is 0 Å². The van der Waals surface area contributed by atoms with Crippen LogP contribution in [0.15, 0.2) is 0 Å². The van der Waals surface area contributed by atoms with Gasteiger partial charge in [-0.1, -0.05) is 0 Å². The third-order valence-electron chi connectivity index (χ3n) is 5.09. The van der Waals surface area contributed by atoms with Crippen LogP contribution in [0.1, 0.15) is 39.5 Å². The Hall–Kier alpha value is -0.260. The predicted molar refractivity (Wildman–Crippen MR) is 88.7 cm³/mol. The van der Waals surface area contributed by atoms with E-state index in [1.165, 1.54) is 19.3 Å². The lowest BCUT2D eigenvalue weighted by molar-refractivity contribution is -0.137. The van der Waals surface area contributed by atoms with Crippen molar-refractivity contribution in [1.82, 2.24) is 15.1 Å². The zero-order valence-corrected chi connectivity index (χ0v) is 14.3. The fourth-order valence-corrected chi connectivity index (χ4v) is 5.16. The average Bonchev–Trinajstić information content (AvgIpc) is 2.95. The highest BCUT2D eigenvalue weighted by atomic mass is 32.2. The number of amides is 1. The quantitative estimate of drug-likeness (QED) is 0.839. The van der Waals surface area contributed by atoms with Gasteiger partial charge in [0, 0.05) is 29.6 Å². The maximum absolute atomic E-state index is 13.0. The molecule has 0 bridgehead atoms. The van der Waals surface area contributed by atoms with Crippen LogP contribution in [0.2, 0.25) is 0 Å². The molecule has 0 aliphatic carbocycles. The number of hydrogen-bond donors (Lipinski definition) is 1. The van der Waals surface area contributed by atoms with E-state index in [9.17, 15) is 4.79 Å². The number of carbonyl (C=O) groups is 1. The van der Waals surface area contributed by atoms with Gasteiger partial charge in [-0.05, 0) is 59.2 Å². The highest BCUT2D eigenvalue weighted by molar-refractivity contribution is 8.00. The van der Waals surface area contributed by atoms with Gasteiger partial charge in [-0.3, -0.25) is 9.69 Å². The van der Waals surface area contributed by atoms with E-state index in [-0.39, 0.29) is 10.8 Å². The van der Waals surface area contributed by atoms with Gasteiger partial charge >= 0.3 is 0 Å². The smallest absolute Gasteiger partial charge is 0.240 e. The summed E-state index contributed by atoms with van der Waals surface area (Å²) < 4.78 is 0.214. The van der Waals surface area contributed by atoms with Gasteiger partial charge in [0.25, 0.3) is 0 Å². The molecule has 1 unspecified atom stereocenters. The molecule has 21 heavy (non-hydrogen) atoms. The first kappa shape index (κ1) is 15.6. The Kier molecular flexibility index (Phi) is 4.81. The van der Waals surface area contributed by atoms with Gasteiger partial charge in [-0.2, -0.15) is 11.8 Å². The van der Waals surface area contributed by atoms with Crippen molar-refractivity contribution in [3.8, 4) is 0 Å². The second-order valence-corrected chi connectivity index (χ2v) is 9.05. The van der Waals surface area contributed by atoms with Crippen molar-refractivity contribution in [3.05, 3.63) is 0 Å². The molecule has 4 nitrogen and oxygen atoms in total. The first-order chi connectivity index (χ1) is 10.1. The van der Waals surface area contributed by atoms with E-state index in [0.717, 1.165) is 44.9 Å². The molecular formula is C16H29N3OS. The molecule has 1 N–H and O–H groups in total. The van der Waals surface area contributed by atoms with E-state index >= 15 is 0 Å². The highest BCUT2D eigenvalue weighted by Crippen LogP contribution is 2.32. The third-order valence-corrected chi connectivity index (χ3v) is 6.39. The standard InChI is InChI=1S/C16H29N3OS/c1-16(2)12-18(10-11-21-16)15(20)14-4-3-9-19(14)13-5-7-17-8-6-13/h13-14,17H,3-12H2,1-2H3. The van der Waals surface area contributed by atoms with Crippen molar-refractivity contribution in [3.63, 3.8) is 0 Å². The van der Waals surface area contributed by atoms with E-state index in [0.29, 0.717) is 11.9 Å². The molecule has 120 valence electrons. The summed E-state index contributed by atoms with van der Waals surface area (Å²) in [5.74, 6) is 1.48. The highest BCUT2D eigenvalue weighted by Gasteiger charge is 2.40. The number of nitrogens with one attached hydrogen (secondary N) is 1. The van der Waals surface area contributed by atoms with Crippen molar-refractivity contribution < 1.29 is 4.79 Å². The molecule has 0 spiro atoms. The van der Waals surface area contributed by atoms with Gasteiger partial charge in [-0.25, -0.2) is 0 Å².